The van der Waals surface area contributed by atoms with Crippen LogP contribution in [0.25, 0.3) is 21.2 Å². The maximum Gasteiger partial charge on any atom is 0.223 e. The molecule has 0 bridgehead atoms. The first-order valence-electron chi connectivity index (χ1n) is 12.7. The quantitative estimate of drug-likeness (QED) is 0.282. The van der Waals surface area contributed by atoms with Crippen LogP contribution in [0.3, 0.4) is 0 Å². The number of fused-ring (bicyclic) bond motifs is 1. The average Bonchev–Trinajstić information content (AvgIpc) is 3.32. The number of hydrogen-bond acceptors (Lipinski definition) is 4. The van der Waals surface area contributed by atoms with Gasteiger partial charge in [-0.05, 0) is 75.9 Å². The van der Waals surface area contributed by atoms with Crippen LogP contribution in [0.1, 0.15) is 90.4 Å². The lowest BCUT2D eigenvalue weighted by atomic mass is 10.1. The normalized spacial score (nSPS) is 12.1. The van der Waals surface area contributed by atoms with Crippen molar-refractivity contribution < 1.29 is 4.79 Å². The number of unbranched alkanes of at least 4 members (excludes halogenated alkanes) is 3. The third-order valence-corrected chi connectivity index (χ3v) is 7.50. The molecule has 0 aliphatic carbocycles. The zero-order chi connectivity index (χ0) is 25.8. The van der Waals surface area contributed by atoms with Gasteiger partial charge in [-0.1, -0.05) is 45.3 Å². The molecule has 0 radical (unpaired) electrons. The summed E-state index contributed by atoms with van der Waals surface area (Å²) in [6.07, 6.45) is 11.6. The third-order valence-electron chi connectivity index (χ3n) is 6.26. The summed E-state index contributed by atoms with van der Waals surface area (Å²) in [5.41, 5.74) is 5.80. The lowest BCUT2D eigenvalue weighted by Gasteiger charge is -2.21. The number of aryl methyl sites for hydroxylation is 1. The smallest absolute Gasteiger partial charge is 0.223 e. The summed E-state index contributed by atoms with van der Waals surface area (Å²) in [7, 11) is 0. The highest BCUT2D eigenvalue weighted by molar-refractivity contribution is 7.20. The van der Waals surface area contributed by atoms with Gasteiger partial charge in [0.1, 0.15) is 0 Å². The molecule has 5 heteroatoms. The molecule has 0 aliphatic rings. The van der Waals surface area contributed by atoms with Crippen LogP contribution in [0.15, 0.2) is 54.5 Å². The Labute approximate surface area is 215 Å². The molecule has 4 nitrogen and oxygen atoms in total. The Kier molecular flexibility index (Phi) is 11.8. The Balaban J connectivity index is 0.000000271. The lowest BCUT2D eigenvalue weighted by molar-refractivity contribution is -0.127. The van der Waals surface area contributed by atoms with E-state index in [9.17, 15) is 4.79 Å². The Morgan fingerprint density at radius 3 is 2.43 bits per heavy atom. The maximum atomic E-state index is 11.3. The molecule has 0 N–H and O–H groups in total. The fraction of sp³-hybridized carbons (Fsp3) is 0.433. The number of carbonyl (C=O) groups is 1. The molecule has 35 heavy (non-hydrogen) atoms. The maximum absolute atomic E-state index is 11.3. The molecular formula is C30H41N3OS. The zero-order valence-electron chi connectivity index (χ0n) is 22.5. The number of carbonyl (C=O) groups excluding carboxylic acids is 1. The van der Waals surface area contributed by atoms with Gasteiger partial charge in [0.05, 0.1) is 5.69 Å². The van der Waals surface area contributed by atoms with E-state index in [1.54, 1.807) is 6.92 Å². The zero-order valence-corrected chi connectivity index (χ0v) is 23.3. The first-order valence-corrected chi connectivity index (χ1v) is 13.5. The van der Waals surface area contributed by atoms with Crippen LogP contribution in [0, 0.1) is 0 Å². The first-order chi connectivity index (χ1) is 16.8. The van der Waals surface area contributed by atoms with Crippen molar-refractivity contribution in [2.45, 2.75) is 80.6 Å². The molecule has 3 rings (SSSR count). The number of allylic oxidation sites excluding steroid dienone is 4. The molecule has 0 fully saturated rings. The van der Waals surface area contributed by atoms with Crippen LogP contribution in [-0.2, 0) is 11.2 Å². The van der Waals surface area contributed by atoms with Crippen LogP contribution in [-0.4, -0.2) is 27.3 Å². The predicted octanol–water partition coefficient (Wildman–Crippen LogP) is 8.54. The van der Waals surface area contributed by atoms with Gasteiger partial charge in [0.25, 0.3) is 0 Å². The van der Waals surface area contributed by atoms with Crippen molar-refractivity contribution in [2.75, 3.05) is 6.54 Å². The highest BCUT2D eigenvalue weighted by Crippen LogP contribution is 2.33. The van der Waals surface area contributed by atoms with Crippen molar-refractivity contribution in [1.29, 1.82) is 0 Å². The van der Waals surface area contributed by atoms with Crippen LogP contribution in [0.2, 0.25) is 0 Å². The van der Waals surface area contributed by atoms with E-state index in [1.807, 2.05) is 48.6 Å². The highest BCUT2D eigenvalue weighted by atomic mass is 32.1. The van der Waals surface area contributed by atoms with Crippen molar-refractivity contribution in [3.8, 4) is 0 Å². The number of nitrogens with zero attached hydrogens (tertiary/aromatic N) is 3. The minimum atomic E-state index is 0.150. The molecule has 188 valence electrons. The van der Waals surface area contributed by atoms with E-state index in [-0.39, 0.29) is 5.91 Å². The number of amides is 1. The second-order valence-electron chi connectivity index (χ2n) is 8.80. The van der Waals surface area contributed by atoms with E-state index < -0.39 is 0 Å². The fourth-order valence-corrected chi connectivity index (χ4v) is 4.85. The minimum absolute atomic E-state index is 0.150. The van der Waals surface area contributed by atoms with Gasteiger partial charge in [0.2, 0.25) is 5.91 Å². The Morgan fingerprint density at radius 2 is 1.80 bits per heavy atom. The lowest BCUT2D eigenvalue weighted by Crippen LogP contribution is -2.27. The van der Waals surface area contributed by atoms with Gasteiger partial charge >= 0.3 is 0 Å². The SMILES string of the molecule is C/C=C(\C)N(CCCCCC)C(C)=O.CCc1cccc(/C(C)=C(/C)c2cc3cnccc3s2)n1. The molecule has 0 saturated carbocycles. The number of rotatable bonds is 9. The topological polar surface area (TPSA) is 46.1 Å². The van der Waals surface area contributed by atoms with Gasteiger partial charge in [-0.25, -0.2) is 0 Å². The number of hydrogen-bond donors (Lipinski definition) is 0. The largest absolute Gasteiger partial charge is 0.317 e. The minimum Gasteiger partial charge on any atom is -0.317 e. The molecule has 1 amide bonds. The van der Waals surface area contributed by atoms with E-state index in [0.717, 1.165) is 36.5 Å². The second-order valence-corrected chi connectivity index (χ2v) is 9.89. The van der Waals surface area contributed by atoms with Crippen LogP contribution < -0.4 is 0 Å². The predicted molar refractivity (Wildman–Crippen MR) is 152 cm³/mol. The van der Waals surface area contributed by atoms with Gasteiger partial charge in [-0.2, -0.15) is 0 Å². The molecule has 0 atom stereocenters. The second kappa shape index (κ2) is 14.6. The van der Waals surface area contributed by atoms with Gasteiger partial charge in [-0.3, -0.25) is 14.8 Å². The Bertz CT molecular complexity index is 1130. The van der Waals surface area contributed by atoms with E-state index in [1.165, 1.54) is 45.4 Å². The van der Waals surface area contributed by atoms with Crippen molar-refractivity contribution in [1.82, 2.24) is 14.9 Å². The van der Waals surface area contributed by atoms with Crippen molar-refractivity contribution in [2.24, 2.45) is 0 Å². The van der Waals surface area contributed by atoms with Crippen LogP contribution in [0.5, 0.6) is 0 Å². The monoisotopic (exact) mass is 491 g/mol. The molecule has 3 heterocycles. The molecule has 0 spiro atoms. The molecule has 0 saturated heterocycles. The highest BCUT2D eigenvalue weighted by Gasteiger charge is 2.09. The van der Waals surface area contributed by atoms with E-state index in [0.29, 0.717) is 0 Å². The number of aromatic nitrogens is 2. The van der Waals surface area contributed by atoms with Crippen molar-refractivity contribution in [3.05, 3.63) is 70.8 Å². The van der Waals surface area contributed by atoms with Crippen LogP contribution >= 0.6 is 11.3 Å². The van der Waals surface area contributed by atoms with Gasteiger partial charge < -0.3 is 4.90 Å². The fourth-order valence-electron chi connectivity index (χ4n) is 3.77. The van der Waals surface area contributed by atoms with E-state index in [2.05, 4.69) is 63.0 Å². The molecule has 3 aromatic rings. The van der Waals surface area contributed by atoms with E-state index in [4.69, 9.17) is 4.98 Å². The molecular weight excluding hydrogens is 450 g/mol. The van der Waals surface area contributed by atoms with E-state index >= 15 is 0 Å². The summed E-state index contributed by atoms with van der Waals surface area (Å²) < 4.78 is 1.28. The molecule has 0 aliphatic heterocycles. The summed E-state index contributed by atoms with van der Waals surface area (Å²) in [5.74, 6) is 0.150. The van der Waals surface area contributed by atoms with Gasteiger partial charge in [-0.15, -0.1) is 11.3 Å². The third kappa shape index (κ3) is 8.43. The van der Waals surface area contributed by atoms with Gasteiger partial charge in [0, 0.05) is 52.2 Å². The summed E-state index contributed by atoms with van der Waals surface area (Å²) in [6.45, 7) is 15.1. The molecule has 3 aromatic heterocycles. The molecule has 0 unspecified atom stereocenters. The summed E-state index contributed by atoms with van der Waals surface area (Å²) in [5, 5.41) is 1.21. The number of pyridine rings is 2. The number of thiophene rings is 1. The van der Waals surface area contributed by atoms with Crippen LogP contribution in [0.4, 0.5) is 0 Å². The summed E-state index contributed by atoms with van der Waals surface area (Å²) >= 11 is 1.81. The summed E-state index contributed by atoms with van der Waals surface area (Å²) in [4.78, 5) is 23.4. The van der Waals surface area contributed by atoms with Crippen molar-refractivity contribution >= 4 is 38.5 Å². The summed E-state index contributed by atoms with van der Waals surface area (Å²) in [6, 6.07) is 10.6. The first kappa shape index (κ1) is 28.4. The Hall–Kier alpha value is -2.79. The molecule has 0 aromatic carbocycles. The van der Waals surface area contributed by atoms with Crippen molar-refractivity contribution in [3.63, 3.8) is 0 Å². The van der Waals surface area contributed by atoms with Gasteiger partial charge in [0.15, 0.2) is 0 Å². The standard InChI is InChI=1S/C18H18N2S.C12H23NO/c1-4-15-6-5-7-16(20-15)12(2)13(3)18-10-14-11-19-9-8-17(14)21-18;1-5-7-8-9-10-13(12(4)14)11(3)6-2/h5-11H,4H2,1-3H3;6H,5,7-10H2,1-4H3/b13-12-;11-6+. The Morgan fingerprint density at radius 1 is 1.03 bits per heavy atom. The average molecular weight is 492 g/mol.